The second-order valence-electron chi connectivity index (χ2n) is 4.32. The van der Waals surface area contributed by atoms with Crippen LogP contribution in [0, 0.1) is 0 Å². The number of hydrogen-bond donors (Lipinski definition) is 2. The van der Waals surface area contributed by atoms with Crippen LogP contribution in [-0.2, 0) is 17.8 Å². The summed E-state index contributed by atoms with van der Waals surface area (Å²) in [5, 5.41) is 2.61. The van der Waals surface area contributed by atoms with E-state index in [1.807, 2.05) is 30.3 Å². The van der Waals surface area contributed by atoms with Gasteiger partial charge in [-0.3, -0.25) is 4.98 Å². The van der Waals surface area contributed by atoms with Crippen molar-refractivity contribution in [3.05, 3.63) is 52.5 Å². The average Bonchev–Trinajstić information content (AvgIpc) is 2.97. The molecule has 6 heteroatoms. The van der Waals surface area contributed by atoms with Gasteiger partial charge in [0.1, 0.15) is 6.61 Å². The molecule has 1 aromatic carbocycles. The predicted molar refractivity (Wildman–Crippen MR) is 78.2 cm³/mol. The van der Waals surface area contributed by atoms with Gasteiger partial charge in [-0.05, 0) is 18.4 Å². The molecule has 0 saturated heterocycles. The van der Waals surface area contributed by atoms with Crippen LogP contribution in [0.3, 0.4) is 0 Å². The highest BCUT2D eigenvalue weighted by atomic mass is 32.1. The fraction of sp³-hybridized carbons (Fsp3) is 0.286. The first-order valence-electron chi connectivity index (χ1n) is 6.34. The van der Waals surface area contributed by atoms with Crippen LogP contribution in [0.25, 0.3) is 0 Å². The molecule has 1 amide bonds. The molecule has 1 heterocycles. The number of aromatic nitrogens is 1. The number of carbonyl (C=O) groups excluding carboxylic acids is 1. The second-order valence-corrected chi connectivity index (χ2v) is 5.29. The van der Waals surface area contributed by atoms with Gasteiger partial charge in [-0.15, -0.1) is 11.3 Å². The minimum absolute atomic E-state index is 0.224. The summed E-state index contributed by atoms with van der Waals surface area (Å²) >= 11 is 1.44. The van der Waals surface area contributed by atoms with Gasteiger partial charge in [0.25, 0.3) is 0 Å². The van der Waals surface area contributed by atoms with E-state index in [1.165, 1.54) is 16.9 Å². The number of amides is 1. The molecule has 1 unspecified atom stereocenters. The van der Waals surface area contributed by atoms with E-state index in [2.05, 4.69) is 10.3 Å². The Hall–Kier alpha value is -1.92. The van der Waals surface area contributed by atoms with Crippen LogP contribution in [0.1, 0.15) is 16.9 Å². The van der Waals surface area contributed by atoms with Crippen molar-refractivity contribution in [3.63, 3.8) is 0 Å². The van der Waals surface area contributed by atoms with E-state index in [0.29, 0.717) is 6.42 Å². The summed E-state index contributed by atoms with van der Waals surface area (Å²) in [5.74, 6) is 0. The molecule has 0 aliphatic rings. The maximum atomic E-state index is 11.5. The minimum atomic E-state index is -0.501. The highest BCUT2D eigenvalue weighted by molar-refractivity contribution is 7.09. The quantitative estimate of drug-likeness (QED) is 0.801. The zero-order valence-corrected chi connectivity index (χ0v) is 11.8. The van der Waals surface area contributed by atoms with Gasteiger partial charge < -0.3 is 15.8 Å². The van der Waals surface area contributed by atoms with Crippen molar-refractivity contribution in [2.24, 2.45) is 5.73 Å². The molecule has 0 fully saturated rings. The smallest absolute Gasteiger partial charge is 0.408 e. The molecule has 0 aliphatic heterocycles. The molecular formula is C14H17N3O2S. The maximum absolute atomic E-state index is 11.5. The van der Waals surface area contributed by atoms with Gasteiger partial charge in [0.05, 0.1) is 16.6 Å². The molecule has 0 aliphatic carbocycles. The Bertz CT molecular complexity index is 516. The first-order chi connectivity index (χ1) is 9.74. The largest absolute Gasteiger partial charge is 0.444 e. The number of nitrogens with one attached hydrogen (secondary N) is 1. The number of rotatable bonds is 6. The summed E-state index contributed by atoms with van der Waals surface area (Å²) in [6.07, 6.45) is 2.24. The maximum Gasteiger partial charge on any atom is 0.408 e. The SMILES string of the molecule is NC(CCc1ccccc1)NC(=O)OCc1cncs1. The van der Waals surface area contributed by atoms with Gasteiger partial charge in [0.2, 0.25) is 0 Å². The van der Waals surface area contributed by atoms with E-state index in [9.17, 15) is 4.79 Å². The zero-order chi connectivity index (χ0) is 14.2. The highest BCUT2D eigenvalue weighted by Crippen LogP contribution is 2.07. The van der Waals surface area contributed by atoms with Crippen LogP contribution in [0.15, 0.2) is 42.0 Å². The van der Waals surface area contributed by atoms with E-state index >= 15 is 0 Å². The lowest BCUT2D eigenvalue weighted by molar-refractivity contribution is 0.136. The summed E-state index contributed by atoms with van der Waals surface area (Å²) < 4.78 is 5.05. The van der Waals surface area contributed by atoms with Crippen molar-refractivity contribution in [1.29, 1.82) is 0 Å². The number of aryl methyl sites for hydroxylation is 1. The summed E-state index contributed by atoms with van der Waals surface area (Å²) in [5.41, 5.74) is 8.74. The van der Waals surface area contributed by atoms with Crippen LogP contribution in [0.2, 0.25) is 0 Å². The van der Waals surface area contributed by atoms with Gasteiger partial charge in [-0.1, -0.05) is 30.3 Å². The lowest BCUT2D eigenvalue weighted by atomic mass is 10.1. The lowest BCUT2D eigenvalue weighted by Crippen LogP contribution is -2.42. The van der Waals surface area contributed by atoms with Gasteiger partial charge in [0.15, 0.2) is 0 Å². The third kappa shape index (κ3) is 4.99. The zero-order valence-electron chi connectivity index (χ0n) is 11.0. The lowest BCUT2D eigenvalue weighted by Gasteiger charge is -2.13. The molecular weight excluding hydrogens is 274 g/mol. The standard InChI is InChI=1S/C14H17N3O2S/c15-13(7-6-11-4-2-1-3-5-11)17-14(18)19-9-12-8-16-10-20-12/h1-5,8,10,13H,6-7,9,15H2,(H,17,18). The fourth-order valence-corrected chi connectivity index (χ4v) is 2.19. The summed E-state index contributed by atoms with van der Waals surface area (Å²) in [4.78, 5) is 16.3. The third-order valence-electron chi connectivity index (χ3n) is 2.72. The van der Waals surface area contributed by atoms with Crippen LogP contribution >= 0.6 is 11.3 Å². The van der Waals surface area contributed by atoms with Gasteiger partial charge in [0, 0.05) is 6.20 Å². The highest BCUT2D eigenvalue weighted by Gasteiger charge is 2.09. The Morgan fingerprint density at radius 3 is 2.90 bits per heavy atom. The normalized spacial score (nSPS) is 11.8. The van der Waals surface area contributed by atoms with Gasteiger partial charge >= 0.3 is 6.09 Å². The molecule has 2 aromatic rings. The van der Waals surface area contributed by atoms with Crippen LogP contribution in [0.4, 0.5) is 4.79 Å². The molecule has 20 heavy (non-hydrogen) atoms. The van der Waals surface area contributed by atoms with E-state index in [-0.39, 0.29) is 6.61 Å². The van der Waals surface area contributed by atoms with E-state index < -0.39 is 12.3 Å². The molecule has 0 bridgehead atoms. The van der Waals surface area contributed by atoms with Crippen molar-refractivity contribution < 1.29 is 9.53 Å². The number of carbonyl (C=O) groups is 1. The molecule has 0 spiro atoms. The van der Waals surface area contributed by atoms with Crippen molar-refractivity contribution in [1.82, 2.24) is 10.3 Å². The fourth-order valence-electron chi connectivity index (χ4n) is 1.68. The molecule has 106 valence electrons. The topological polar surface area (TPSA) is 77.2 Å². The monoisotopic (exact) mass is 291 g/mol. The second kappa shape index (κ2) is 7.62. The number of benzene rings is 1. The Balaban J connectivity index is 1.66. The number of alkyl carbamates (subject to hydrolysis) is 1. The van der Waals surface area contributed by atoms with Crippen molar-refractivity contribution in [2.75, 3.05) is 0 Å². The van der Waals surface area contributed by atoms with Gasteiger partial charge in [-0.2, -0.15) is 0 Å². The van der Waals surface area contributed by atoms with Gasteiger partial charge in [-0.25, -0.2) is 4.79 Å². The Morgan fingerprint density at radius 1 is 1.40 bits per heavy atom. The van der Waals surface area contributed by atoms with Crippen LogP contribution in [0.5, 0.6) is 0 Å². The molecule has 0 radical (unpaired) electrons. The number of thiazole rings is 1. The Labute approximate surface area is 121 Å². The Kier molecular flexibility index (Phi) is 5.52. The molecule has 2 rings (SSSR count). The third-order valence-corrected chi connectivity index (χ3v) is 3.47. The molecule has 1 aromatic heterocycles. The number of nitrogens with zero attached hydrogens (tertiary/aromatic N) is 1. The van der Waals surface area contributed by atoms with Crippen LogP contribution in [-0.4, -0.2) is 17.2 Å². The first kappa shape index (κ1) is 14.5. The van der Waals surface area contributed by atoms with E-state index in [4.69, 9.17) is 10.5 Å². The Morgan fingerprint density at radius 2 is 2.20 bits per heavy atom. The van der Waals surface area contributed by atoms with Crippen molar-refractivity contribution in [3.8, 4) is 0 Å². The molecule has 3 N–H and O–H groups in total. The van der Waals surface area contributed by atoms with E-state index in [1.54, 1.807) is 11.7 Å². The first-order valence-corrected chi connectivity index (χ1v) is 7.22. The van der Waals surface area contributed by atoms with Crippen molar-refractivity contribution in [2.45, 2.75) is 25.6 Å². The van der Waals surface area contributed by atoms with Crippen molar-refractivity contribution >= 4 is 17.4 Å². The molecule has 5 nitrogen and oxygen atoms in total. The summed E-state index contributed by atoms with van der Waals surface area (Å²) in [6, 6.07) is 10.0. The number of ether oxygens (including phenoxy) is 1. The molecule has 0 saturated carbocycles. The summed E-state index contributed by atoms with van der Waals surface area (Å²) in [6.45, 7) is 0.224. The minimum Gasteiger partial charge on any atom is -0.444 e. The number of hydrogen-bond acceptors (Lipinski definition) is 5. The van der Waals surface area contributed by atoms with E-state index in [0.717, 1.165) is 11.3 Å². The predicted octanol–water partition coefficient (Wildman–Crippen LogP) is 2.29. The number of nitrogens with two attached hydrogens (primary N) is 1. The molecule has 1 atom stereocenters. The average molecular weight is 291 g/mol. The summed E-state index contributed by atoms with van der Waals surface area (Å²) in [7, 11) is 0. The van der Waals surface area contributed by atoms with Crippen LogP contribution < -0.4 is 11.1 Å².